The first-order valence-corrected chi connectivity index (χ1v) is 5.18. The normalized spacial score (nSPS) is 9.06. The summed E-state index contributed by atoms with van der Waals surface area (Å²) in [6.07, 6.45) is 1.48. The first-order chi connectivity index (χ1) is 8.83. The monoisotopic (exact) mass is 236 g/mol. The Morgan fingerprint density at radius 1 is 1.11 bits per heavy atom. The van der Waals surface area contributed by atoms with E-state index >= 15 is 0 Å². The number of nitrogens with zero attached hydrogens (tertiary/aromatic N) is 2. The zero-order valence-electron chi connectivity index (χ0n) is 9.33. The minimum Gasteiger partial charge on any atom is -0.455 e. The lowest BCUT2D eigenvalue weighted by Gasteiger charge is -2.07. The summed E-state index contributed by atoms with van der Waals surface area (Å²) >= 11 is 0. The number of hydrogen-bond donors (Lipinski definition) is 0. The molecule has 0 saturated heterocycles. The standard InChI is InChI=1S/C14H8N2O2/c15-9-11-4-3-5-12(8-11)18-14-7-2-1-6-13(14)16-10-17/h1-8H. The van der Waals surface area contributed by atoms with E-state index in [-0.39, 0.29) is 0 Å². The summed E-state index contributed by atoms with van der Waals surface area (Å²) < 4.78 is 5.58. The Hall–Kier alpha value is -2.89. The number of benzene rings is 2. The Labute approximate surface area is 104 Å². The van der Waals surface area contributed by atoms with Crippen LogP contribution < -0.4 is 4.74 Å². The molecule has 0 N–H and O–H groups in total. The molecule has 0 atom stereocenters. The lowest BCUT2D eigenvalue weighted by molar-refractivity contribution is 0.483. The summed E-state index contributed by atoms with van der Waals surface area (Å²) in [5, 5.41) is 8.79. The van der Waals surface area contributed by atoms with Crippen LogP contribution in [0, 0.1) is 11.3 Å². The lowest BCUT2D eigenvalue weighted by Crippen LogP contribution is -1.85. The van der Waals surface area contributed by atoms with Gasteiger partial charge in [-0.25, -0.2) is 4.79 Å². The minimum absolute atomic E-state index is 0.398. The molecule has 0 saturated carbocycles. The molecule has 86 valence electrons. The van der Waals surface area contributed by atoms with Crippen molar-refractivity contribution in [2.45, 2.75) is 0 Å². The highest BCUT2D eigenvalue weighted by atomic mass is 16.5. The Kier molecular flexibility index (Phi) is 3.50. The second-order valence-corrected chi connectivity index (χ2v) is 3.41. The van der Waals surface area contributed by atoms with E-state index in [0.29, 0.717) is 22.7 Å². The maximum Gasteiger partial charge on any atom is 0.240 e. The molecule has 2 rings (SSSR count). The van der Waals surface area contributed by atoms with Gasteiger partial charge in [0.2, 0.25) is 6.08 Å². The first-order valence-electron chi connectivity index (χ1n) is 5.18. The molecular weight excluding hydrogens is 228 g/mol. The Balaban J connectivity index is 2.34. The third-order valence-electron chi connectivity index (χ3n) is 2.22. The van der Waals surface area contributed by atoms with Crippen LogP contribution in [0.25, 0.3) is 0 Å². The quantitative estimate of drug-likeness (QED) is 0.606. The van der Waals surface area contributed by atoms with E-state index in [1.165, 1.54) is 6.08 Å². The molecule has 0 aliphatic rings. The summed E-state index contributed by atoms with van der Waals surface area (Å²) in [7, 11) is 0. The van der Waals surface area contributed by atoms with Crippen molar-refractivity contribution in [2.75, 3.05) is 0 Å². The average molecular weight is 236 g/mol. The Morgan fingerprint density at radius 2 is 1.94 bits per heavy atom. The van der Waals surface area contributed by atoms with Crippen molar-refractivity contribution in [3.8, 4) is 17.6 Å². The molecule has 0 radical (unpaired) electrons. The Morgan fingerprint density at radius 3 is 2.72 bits per heavy atom. The number of para-hydroxylation sites is 2. The molecule has 4 heteroatoms. The van der Waals surface area contributed by atoms with E-state index in [1.807, 2.05) is 6.07 Å². The second kappa shape index (κ2) is 5.44. The van der Waals surface area contributed by atoms with E-state index in [0.717, 1.165) is 0 Å². The predicted molar refractivity (Wildman–Crippen MR) is 65.5 cm³/mol. The van der Waals surface area contributed by atoms with Gasteiger partial charge in [-0.15, -0.1) is 0 Å². The maximum absolute atomic E-state index is 10.3. The number of isocyanates is 1. The first kappa shape index (κ1) is 11.6. The van der Waals surface area contributed by atoms with Gasteiger partial charge >= 0.3 is 0 Å². The van der Waals surface area contributed by atoms with Gasteiger partial charge in [-0.3, -0.25) is 0 Å². The lowest BCUT2D eigenvalue weighted by atomic mass is 10.2. The molecule has 0 heterocycles. The van der Waals surface area contributed by atoms with Crippen molar-refractivity contribution in [1.82, 2.24) is 0 Å². The van der Waals surface area contributed by atoms with Gasteiger partial charge in [-0.2, -0.15) is 10.3 Å². The largest absolute Gasteiger partial charge is 0.455 e. The third kappa shape index (κ3) is 2.62. The van der Waals surface area contributed by atoms with Crippen LogP contribution in [0.5, 0.6) is 11.5 Å². The Bertz CT molecular complexity index is 653. The SMILES string of the molecule is N#Cc1cccc(Oc2ccccc2N=C=O)c1. The van der Waals surface area contributed by atoms with Crippen LogP contribution in [-0.4, -0.2) is 6.08 Å². The number of carbonyl (C=O) groups excluding carboxylic acids is 1. The van der Waals surface area contributed by atoms with Gasteiger partial charge in [0.1, 0.15) is 11.4 Å². The number of nitriles is 1. The number of rotatable bonds is 3. The molecule has 0 unspecified atom stereocenters. The maximum atomic E-state index is 10.3. The zero-order chi connectivity index (χ0) is 12.8. The van der Waals surface area contributed by atoms with E-state index in [4.69, 9.17) is 10.00 Å². The summed E-state index contributed by atoms with van der Waals surface area (Å²) in [5.41, 5.74) is 0.902. The highest BCUT2D eigenvalue weighted by Crippen LogP contribution is 2.31. The van der Waals surface area contributed by atoms with Crippen molar-refractivity contribution >= 4 is 11.8 Å². The van der Waals surface area contributed by atoms with Gasteiger partial charge in [0.25, 0.3) is 0 Å². The fraction of sp³-hybridized carbons (Fsp3) is 0. The molecule has 0 aliphatic heterocycles. The van der Waals surface area contributed by atoms with Crippen LogP contribution in [0.4, 0.5) is 5.69 Å². The van der Waals surface area contributed by atoms with Crippen LogP contribution in [0.1, 0.15) is 5.56 Å². The molecule has 18 heavy (non-hydrogen) atoms. The van der Waals surface area contributed by atoms with Crippen LogP contribution in [-0.2, 0) is 4.79 Å². The minimum atomic E-state index is 0.398. The van der Waals surface area contributed by atoms with E-state index in [2.05, 4.69) is 4.99 Å². The second-order valence-electron chi connectivity index (χ2n) is 3.41. The van der Waals surface area contributed by atoms with Gasteiger partial charge in [-0.1, -0.05) is 18.2 Å². The molecule has 0 fully saturated rings. The van der Waals surface area contributed by atoms with Crippen molar-refractivity contribution in [3.63, 3.8) is 0 Å². The number of aliphatic imine (C=N–C) groups is 1. The highest BCUT2D eigenvalue weighted by Gasteiger charge is 2.03. The highest BCUT2D eigenvalue weighted by molar-refractivity contribution is 5.58. The molecule has 4 nitrogen and oxygen atoms in total. The molecule has 0 aromatic heterocycles. The number of ether oxygens (including phenoxy) is 1. The van der Waals surface area contributed by atoms with Gasteiger partial charge < -0.3 is 4.74 Å². The van der Waals surface area contributed by atoms with E-state index in [1.54, 1.807) is 48.5 Å². The molecule has 0 bridgehead atoms. The van der Waals surface area contributed by atoms with Crippen LogP contribution in [0.2, 0.25) is 0 Å². The average Bonchev–Trinajstić information content (AvgIpc) is 2.41. The van der Waals surface area contributed by atoms with Crippen molar-refractivity contribution in [2.24, 2.45) is 4.99 Å². The summed E-state index contributed by atoms with van der Waals surface area (Å²) in [4.78, 5) is 13.8. The molecule has 2 aromatic carbocycles. The molecule has 0 aliphatic carbocycles. The molecular formula is C14H8N2O2. The summed E-state index contributed by atoms with van der Waals surface area (Å²) in [5.74, 6) is 0.957. The van der Waals surface area contributed by atoms with Crippen molar-refractivity contribution < 1.29 is 9.53 Å². The van der Waals surface area contributed by atoms with Crippen LogP contribution in [0.3, 0.4) is 0 Å². The van der Waals surface area contributed by atoms with E-state index < -0.39 is 0 Å². The molecule has 0 spiro atoms. The van der Waals surface area contributed by atoms with Crippen LogP contribution >= 0.6 is 0 Å². The fourth-order valence-electron chi connectivity index (χ4n) is 1.44. The summed E-state index contributed by atoms with van der Waals surface area (Å²) in [6.45, 7) is 0. The fourth-order valence-corrected chi connectivity index (χ4v) is 1.44. The van der Waals surface area contributed by atoms with E-state index in [9.17, 15) is 4.79 Å². The zero-order valence-corrected chi connectivity index (χ0v) is 9.33. The molecule has 0 amide bonds. The number of hydrogen-bond acceptors (Lipinski definition) is 4. The van der Waals surface area contributed by atoms with Crippen molar-refractivity contribution in [3.05, 3.63) is 54.1 Å². The van der Waals surface area contributed by atoms with Gasteiger partial charge in [0.15, 0.2) is 5.75 Å². The van der Waals surface area contributed by atoms with Gasteiger partial charge in [0.05, 0.1) is 11.6 Å². The van der Waals surface area contributed by atoms with Gasteiger partial charge in [0, 0.05) is 0 Å². The van der Waals surface area contributed by atoms with Gasteiger partial charge in [-0.05, 0) is 30.3 Å². The van der Waals surface area contributed by atoms with Crippen molar-refractivity contribution in [1.29, 1.82) is 5.26 Å². The molecule has 2 aromatic rings. The third-order valence-corrected chi connectivity index (χ3v) is 2.22. The predicted octanol–water partition coefficient (Wildman–Crippen LogP) is 3.32. The smallest absolute Gasteiger partial charge is 0.240 e. The van der Waals surface area contributed by atoms with Crippen LogP contribution in [0.15, 0.2) is 53.5 Å². The topological polar surface area (TPSA) is 62.4 Å². The summed E-state index contributed by atoms with van der Waals surface area (Å²) in [6, 6.07) is 15.6.